The van der Waals surface area contributed by atoms with E-state index in [9.17, 15) is 0 Å². The monoisotopic (exact) mass is 275 g/mol. The van der Waals surface area contributed by atoms with E-state index in [1.54, 1.807) is 6.20 Å². The molecule has 2 N–H and O–H groups in total. The van der Waals surface area contributed by atoms with Crippen molar-refractivity contribution in [2.75, 3.05) is 5.32 Å². The first kappa shape index (κ1) is 13.5. The van der Waals surface area contributed by atoms with E-state index in [0.717, 1.165) is 22.6 Å². The lowest BCUT2D eigenvalue weighted by Gasteiger charge is -2.10. The molecule has 2 rings (SSSR count). The summed E-state index contributed by atoms with van der Waals surface area (Å²) in [6.07, 6.45) is 3.57. The quantitative estimate of drug-likeness (QED) is 0.838. The van der Waals surface area contributed by atoms with Gasteiger partial charge in [0.2, 0.25) is 0 Å². The van der Waals surface area contributed by atoms with Gasteiger partial charge in [-0.1, -0.05) is 6.07 Å². The molecule has 0 spiro atoms. The number of rotatable bonds is 3. The van der Waals surface area contributed by atoms with Crippen LogP contribution in [0.2, 0.25) is 0 Å². The van der Waals surface area contributed by atoms with Crippen molar-refractivity contribution >= 4 is 23.0 Å². The van der Waals surface area contributed by atoms with E-state index in [2.05, 4.69) is 20.7 Å². The SMILES string of the molecule is Cc1nn(C)c(C)c1NC(=S)NCc1cccnc1. The van der Waals surface area contributed by atoms with Crippen LogP contribution in [0.3, 0.4) is 0 Å². The topological polar surface area (TPSA) is 54.8 Å². The Bertz CT molecular complexity index is 576. The minimum atomic E-state index is 0.586. The molecule has 0 atom stereocenters. The lowest BCUT2D eigenvalue weighted by molar-refractivity contribution is 0.731. The van der Waals surface area contributed by atoms with Gasteiger partial charge in [0.15, 0.2) is 5.11 Å². The van der Waals surface area contributed by atoms with E-state index in [4.69, 9.17) is 12.2 Å². The first-order valence-electron chi connectivity index (χ1n) is 6.02. The molecule has 19 heavy (non-hydrogen) atoms. The van der Waals surface area contributed by atoms with Gasteiger partial charge >= 0.3 is 0 Å². The average Bonchev–Trinajstić information content (AvgIpc) is 2.64. The molecule has 0 fully saturated rings. The summed E-state index contributed by atoms with van der Waals surface area (Å²) in [5.74, 6) is 0. The van der Waals surface area contributed by atoms with Gasteiger partial charge in [-0.3, -0.25) is 9.67 Å². The smallest absolute Gasteiger partial charge is 0.171 e. The molecule has 5 nitrogen and oxygen atoms in total. The Morgan fingerprint density at radius 1 is 1.42 bits per heavy atom. The Morgan fingerprint density at radius 2 is 2.21 bits per heavy atom. The largest absolute Gasteiger partial charge is 0.358 e. The van der Waals surface area contributed by atoms with Gasteiger partial charge in [0.25, 0.3) is 0 Å². The van der Waals surface area contributed by atoms with Crippen molar-refractivity contribution in [3.63, 3.8) is 0 Å². The summed E-state index contributed by atoms with van der Waals surface area (Å²) in [7, 11) is 1.92. The lowest BCUT2D eigenvalue weighted by atomic mass is 10.3. The van der Waals surface area contributed by atoms with Crippen molar-refractivity contribution in [1.29, 1.82) is 0 Å². The van der Waals surface area contributed by atoms with E-state index >= 15 is 0 Å². The van der Waals surface area contributed by atoms with Crippen LogP contribution >= 0.6 is 12.2 Å². The number of pyridine rings is 1. The van der Waals surface area contributed by atoms with Crippen LogP contribution in [0.15, 0.2) is 24.5 Å². The molecule has 0 amide bonds. The summed E-state index contributed by atoms with van der Waals surface area (Å²) in [6.45, 7) is 4.61. The number of aryl methyl sites for hydroxylation is 2. The summed E-state index contributed by atoms with van der Waals surface area (Å²) in [5, 5.41) is 11.3. The van der Waals surface area contributed by atoms with Crippen molar-refractivity contribution in [1.82, 2.24) is 20.1 Å². The Hall–Kier alpha value is -1.95. The Morgan fingerprint density at radius 3 is 2.79 bits per heavy atom. The third-order valence-electron chi connectivity index (χ3n) is 2.92. The normalized spacial score (nSPS) is 10.3. The molecule has 0 radical (unpaired) electrons. The van der Waals surface area contributed by atoms with Gasteiger partial charge in [-0.15, -0.1) is 0 Å². The van der Waals surface area contributed by atoms with Crippen LogP contribution < -0.4 is 10.6 Å². The Balaban J connectivity index is 1.95. The maximum atomic E-state index is 5.28. The number of aromatic nitrogens is 3. The number of hydrogen-bond acceptors (Lipinski definition) is 3. The van der Waals surface area contributed by atoms with Crippen LogP contribution in [0.4, 0.5) is 5.69 Å². The van der Waals surface area contributed by atoms with E-state index in [1.807, 2.05) is 43.9 Å². The zero-order chi connectivity index (χ0) is 13.8. The van der Waals surface area contributed by atoms with Crippen molar-refractivity contribution in [3.8, 4) is 0 Å². The minimum absolute atomic E-state index is 0.586. The van der Waals surface area contributed by atoms with E-state index in [1.165, 1.54) is 0 Å². The molecular weight excluding hydrogens is 258 g/mol. The van der Waals surface area contributed by atoms with Gasteiger partial charge in [0, 0.05) is 26.0 Å². The molecule has 2 aromatic heterocycles. The van der Waals surface area contributed by atoms with Gasteiger partial charge in [0.1, 0.15) is 0 Å². The molecule has 2 aromatic rings. The van der Waals surface area contributed by atoms with Crippen molar-refractivity contribution in [3.05, 3.63) is 41.5 Å². The summed E-state index contributed by atoms with van der Waals surface area (Å²) in [5.41, 5.74) is 4.05. The van der Waals surface area contributed by atoms with Crippen LogP contribution in [0.1, 0.15) is 17.0 Å². The molecule has 0 aliphatic rings. The highest BCUT2D eigenvalue weighted by molar-refractivity contribution is 7.80. The third-order valence-corrected chi connectivity index (χ3v) is 3.17. The van der Waals surface area contributed by atoms with Gasteiger partial charge in [-0.25, -0.2) is 0 Å². The highest BCUT2D eigenvalue weighted by Crippen LogP contribution is 2.17. The molecule has 0 aromatic carbocycles. The Kier molecular flexibility index (Phi) is 4.11. The molecule has 6 heteroatoms. The first-order chi connectivity index (χ1) is 9.08. The van der Waals surface area contributed by atoms with Gasteiger partial charge in [-0.2, -0.15) is 5.10 Å². The number of hydrogen-bond donors (Lipinski definition) is 2. The molecular formula is C13H17N5S. The highest BCUT2D eigenvalue weighted by atomic mass is 32.1. The minimum Gasteiger partial charge on any atom is -0.358 e. The zero-order valence-corrected chi connectivity index (χ0v) is 12.1. The average molecular weight is 275 g/mol. The zero-order valence-electron chi connectivity index (χ0n) is 11.3. The molecule has 0 aliphatic heterocycles. The van der Waals surface area contributed by atoms with Crippen molar-refractivity contribution in [2.24, 2.45) is 7.05 Å². The van der Waals surface area contributed by atoms with Gasteiger partial charge < -0.3 is 10.6 Å². The molecule has 0 bridgehead atoms. The second kappa shape index (κ2) is 5.79. The summed E-state index contributed by atoms with van der Waals surface area (Å²) in [4.78, 5) is 4.06. The van der Waals surface area contributed by atoms with E-state index in [-0.39, 0.29) is 0 Å². The number of thiocarbonyl (C=S) groups is 1. The van der Waals surface area contributed by atoms with Crippen LogP contribution in [-0.4, -0.2) is 19.9 Å². The van der Waals surface area contributed by atoms with Crippen LogP contribution in [0, 0.1) is 13.8 Å². The standard InChI is InChI=1S/C13H17N5S/c1-9-12(10(2)18(3)17-9)16-13(19)15-8-11-5-4-6-14-7-11/h4-7H,8H2,1-3H3,(H2,15,16,19). The number of nitrogens with zero attached hydrogens (tertiary/aromatic N) is 3. The third kappa shape index (κ3) is 3.29. The first-order valence-corrected chi connectivity index (χ1v) is 6.42. The van der Waals surface area contributed by atoms with Crippen molar-refractivity contribution < 1.29 is 0 Å². The lowest BCUT2D eigenvalue weighted by Crippen LogP contribution is -2.28. The predicted octanol–water partition coefficient (Wildman–Crippen LogP) is 1.92. The molecule has 100 valence electrons. The number of anilines is 1. The maximum absolute atomic E-state index is 5.28. The number of nitrogens with one attached hydrogen (secondary N) is 2. The summed E-state index contributed by atoms with van der Waals surface area (Å²) < 4.78 is 1.83. The summed E-state index contributed by atoms with van der Waals surface area (Å²) in [6, 6.07) is 3.91. The van der Waals surface area contributed by atoms with E-state index < -0.39 is 0 Å². The Labute approximate surface area is 118 Å². The molecule has 0 saturated heterocycles. The fourth-order valence-electron chi connectivity index (χ4n) is 1.80. The van der Waals surface area contributed by atoms with Crippen LogP contribution in [0.5, 0.6) is 0 Å². The van der Waals surface area contributed by atoms with Gasteiger partial charge in [0.05, 0.1) is 17.1 Å². The fourth-order valence-corrected chi connectivity index (χ4v) is 1.97. The maximum Gasteiger partial charge on any atom is 0.171 e. The van der Waals surface area contributed by atoms with Gasteiger partial charge in [-0.05, 0) is 37.7 Å². The fraction of sp³-hybridized carbons (Fsp3) is 0.308. The second-order valence-electron chi connectivity index (χ2n) is 4.34. The molecule has 2 heterocycles. The predicted molar refractivity (Wildman–Crippen MR) is 80.0 cm³/mol. The van der Waals surface area contributed by atoms with Crippen molar-refractivity contribution in [2.45, 2.75) is 20.4 Å². The molecule has 0 aliphatic carbocycles. The second-order valence-corrected chi connectivity index (χ2v) is 4.75. The van der Waals surface area contributed by atoms with Crippen LogP contribution in [-0.2, 0) is 13.6 Å². The van der Waals surface area contributed by atoms with Crippen LogP contribution in [0.25, 0.3) is 0 Å². The molecule has 0 unspecified atom stereocenters. The molecule has 0 saturated carbocycles. The highest BCUT2D eigenvalue weighted by Gasteiger charge is 2.10. The summed E-state index contributed by atoms with van der Waals surface area (Å²) >= 11 is 5.28. The van der Waals surface area contributed by atoms with E-state index in [0.29, 0.717) is 11.7 Å².